The molecule has 1 aliphatic rings. The molecule has 1 aliphatic heterocycles. The minimum Gasteiger partial charge on any atom is -0.473 e. The fourth-order valence-electron chi connectivity index (χ4n) is 2.35. The van der Waals surface area contributed by atoms with Gasteiger partial charge in [0.05, 0.1) is 0 Å². The Morgan fingerprint density at radius 3 is 2.90 bits per heavy atom. The first kappa shape index (κ1) is 13.4. The normalized spacial score (nSPS) is 13.3. The van der Waals surface area contributed by atoms with Gasteiger partial charge in [-0.2, -0.15) is 4.98 Å². The molecule has 2 N–H and O–H groups in total. The summed E-state index contributed by atoms with van der Waals surface area (Å²) in [7, 11) is 1.90. The van der Waals surface area contributed by atoms with E-state index < -0.39 is 5.82 Å². The van der Waals surface area contributed by atoms with E-state index in [2.05, 4.69) is 4.98 Å². The lowest BCUT2D eigenvalue weighted by Crippen LogP contribution is -2.22. The zero-order valence-corrected chi connectivity index (χ0v) is 11.5. The van der Waals surface area contributed by atoms with Gasteiger partial charge in [-0.25, -0.2) is 9.18 Å². The second-order valence-electron chi connectivity index (χ2n) is 4.99. The van der Waals surface area contributed by atoms with Gasteiger partial charge in [0, 0.05) is 31.9 Å². The SMILES string of the molecule is CN1CCn2c1cc(OCc1cc(N)cc(F)c1)nc2=O. The minimum absolute atomic E-state index is 0.0988. The molecule has 0 aliphatic carbocycles. The number of hydrogen-bond donors (Lipinski definition) is 1. The van der Waals surface area contributed by atoms with Gasteiger partial charge >= 0.3 is 5.69 Å². The van der Waals surface area contributed by atoms with Gasteiger partial charge in [-0.1, -0.05) is 0 Å². The van der Waals surface area contributed by atoms with Crippen LogP contribution >= 0.6 is 0 Å². The molecule has 0 saturated carbocycles. The molecule has 7 heteroatoms. The zero-order valence-electron chi connectivity index (χ0n) is 11.5. The lowest BCUT2D eigenvalue weighted by atomic mass is 10.2. The number of likely N-dealkylation sites (N-methyl/N-ethyl adjacent to an activating group) is 1. The number of benzene rings is 1. The van der Waals surface area contributed by atoms with Gasteiger partial charge in [0.1, 0.15) is 18.2 Å². The van der Waals surface area contributed by atoms with Crippen LogP contribution in [0.4, 0.5) is 15.9 Å². The molecule has 0 bridgehead atoms. The molecule has 0 radical (unpaired) electrons. The van der Waals surface area contributed by atoms with Crippen LogP contribution in [0.1, 0.15) is 5.56 Å². The number of ether oxygens (including phenoxy) is 1. The van der Waals surface area contributed by atoms with Crippen LogP contribution in [-0.2, 0) is 13.2 Å². The molecule has 21 heavy (non-hydrogen) atoms. The number of nitrogen functional groups attached to an aromatic ring is 1. The Morgan fingerprint density at radius 1 is 1.33 bits per heavy atom. The average molecular weight is 290 g/mol. The second-order valence-corrected chi connectivity index (χ2v) is 4.99. The quantitative estimate of drug-likeness (QED) is 0.854. The van der Waals surface area contributed by atoms with E-state index >= 15 is 0 Å². The molecule has 110 valence electrons. The first-order valence-electron chi connectivity index (χ1n) is 6.54. The summed E-state index contributed by atoms with van der Waals surface area (Å²) < 4.78 is 20.3. The predicted molar refractivity (Wildman–Crippen MR) is 76.9 cm³/mol. The molecule has 2 aromatic rings. The van der Waals surface area contributed by atoms with Crippen molar-refractivity contribution in [2.75, 3.05) is 24.2 Å². The number of hydrogen-bond acceptors (Lipinski definition) is 5. The topological polar surface area (TPSA) is 73.4 Å². The zero-order chi connectivity index (χ0) is 15.0. The Bertz CT molecular complexity index is 724. The van der Waals surface area contributed by atoms with Gasteiger partial charge < -0.3 is 15.4 Å². The Morgan fingerprint density at radius 2 is 2.14 bits per heavy atom. The third-order valence-electron chi connectivity index (χ3n) is 3.38. The molecular formula is C14H15FN4O2. The standard InChI is InChI=1S/C14H15FN4O2/c1-18-2-3-19-13(18)7-12(17-14(19)20)21-8-9-4-10(15)6-11(16)5-9/h4-7H,2-3,8,16H2,1H3. The first-order valence-corrected chi connectivity index (χ1v) is 6.54. The molecule has 1 aromatic carbocycles. The molecule has 0 amide bonds. The molecule has 0 saturated heterocycles. The maximum atomic E-state index is 13.2. The van der Waals surface area contributed by atoms with E-state index in [4.69, 9.17) is 10.5 Å². The van der Waals surface area contributed by atoms with E-state index in [1.807, 2.05) is 11.9 Å². The van der Waals surface area contributed by atoms with Crippen molar-refractivity contribution in [3.05, 3.63) is 46.1 Å². The summed E-state index contributed by atoms with van der Waals surface area (Å²) in [6.07, 6.45) is 0. The Labute approximate surface area is 120 Å². The van der Waals surface area contributed by atoms with Crippen molar-refractivity contribution in [1.82, 2.24) is 9.55 Å². The van der Waals surface area contributed by atoms with E-state index in [0.29, 0.717) is 17.8 Å². The monoisotopic (exact) mass is 290 g/mol. The minimum atomic E-state index is -0.421. The number of nitrogens with zero attached hydrogens (tertiary/aromatic N) is 3. The fourth-order valence-corrected chi connectivity index (χ4v) is 2.35. The Kier molecular flexibility index (Phi) is 3.25. The van der Waals surface area contributed by atoms with Crippen LogP contribution < -0.4 is 21.1 Å². The summed E-state index contributed by atoms with van der Waals surface area (Å²) in [5.41, 5.74) is 6.15. The van der Waals surface area contributed by atoms with E-state index in [1.54, 1.807) is 16.7 Å². The number of fused-ring (bicyclic) bond motifs is 1. The first-order chi connectivity index (χ1) is 10.0. The van der Waals surface area contributed by atoms with Gasteiger partial charge in [0.2, 0.25) is 5.88 Å². The third kappa shape index (κ3) is 2.67. The maximum absolute atomic E-state index is 13.2. The van der Waals surface area contributed by atoms with Crippen LogP contribution in [0.15, 0.2) is 29.1 Å². The molecule has 0 atom stereocenters. The molecule has 3 rings (SSSR count). The highest BCUT2D eigenvalue weighted by atomic mass is 19.1. The number of rotatable bonds is 3. The number of anilines is 2. The van der Waals surface area contributed by atoms with Crippen LogP contribution in [0.5, 0.6) is 5.88 Å². The lowest BCUT2D eigenvalue weighted by Gasteiger charge is -2.12. The molecule has 6 nitrogen and oxygen atoms in total. The average Bonchev–Trinajstić information content (AvgIpc) is 2.78. The number of nitrogens with two attached hydrogens (primary N) is 1. The Hall–Kier alpha value is -2.57. The smallest absolute Gasteiger partial charge is 0.352 e. The van der Waals surface area contributed by atoms with Crippen molar-refractivity contribution in [2.24, 2.45) is 0 Å². The van der Waals surface area contributed by atoms with Crippen molar-refractivity contribution in [3.63, 3.8) is 0 Å². The molecule has 0 fully saturated rings. The van der Waals surface area contributed by atoms with Crippen molar-refractivity contribution < 1.29 is 9.13 Å². The van der Waals surface area contributed by atoms with Crippen molar-refractivity contribution >= 4 is 11.5 Å². The van der Waals surface area contributed by atoms with E-state index in [0.717, 1.165) is 12.4 Å². The molecule has 0 unspecified atom stereocenters. The fraction of sp³-hybridized carbons (Fsp3) is 0.286. The highest BCUT2D eigenvalue weighted by molar-refractivity contribution is 5.44. The van der Waals surface area contributed by atoms with Crippen LogP contribution in [0.2, 0.25) is 0 Å². The lowest BCUT2D eigenvalue weighted by molar-refractivity contribution is 0.291. The van der Waals surface area contributed by atoms with Gasteiger partial charge in [0.25, 0.3) is 0 Å². The van der Waals surface area contributed by atoms with Gasteiger partial charge in [-0.3, -0.25) is 4.57 Å². The number of halogens is 1. The van der Waals surface area contributed by atoms with E-state index in [1.165, 1.54) is 12.1 Å². The summed E-state index contributed by atoms with van der Waals surface area (Å²) in [6.45, 7) is 1.49. The molecule has 0 spiro atoms. The molecule has 1 aromatic heterocycles. The highest BCUT2D eigenvalue weighted by Gasteiger charge is 2.18. The van der Waals surface area contributed by atoms with Gasteiger partial charge in [-0.05, 0) is 23.8 Å². The summed E-state index contributed by atoms with van der Waals surface area (Å²) in [6, 6.07) is 5.90. The Balaban J connectivity index is 1.81. The predicted octanol–water partition coefficient (Wildman–Crippen LogP) is 0.993. The molecule has 2 heterocycles. The van der Waals surface area contributed by atoms with Crippen molar-refractivity contribution in [1.29, 1.82) is 0 Å². The van der Waals surface area contributed by atoms with Crippen LogP contribution in [0, 0.1) is 5.82 Å². The van der Waals surface area contributed by atoms with Gasteiger partial charge in [0.15, 0.2) is 0 Å². The maximum Gasteiger partial charge on any atom is 0.352 e. The van der Waals surface area contributed by atoms with Crippen LogP contribution in [-0.4, -0.2) is 23.1 Å². The van der Waals surface area contributed by atoms with Gasteiger partial charge in [-0.15, -0.1) is 0 Å². The van der Waals surface area contributed by atoms with Crippen molar-refractivity contribution in [2.45, 2.75) is 13.2 Å². The van der Waals surface area contributed by atoms with Crippen LogP contribution in [0.3, 0.4) is 0 Å². The van der Waals surface area contributed by atoms with E-state index in [9.17, 15) is 9.18 Å². The van der Waals surface area contributed by atoms with E-state index in [-0.39, 0.29) is 18.2 Å². The van der Waals surface area contributed by atoms with Crippen molar-refractivity contribution in [3.8, 4) is 5.88 Å². The largest absolute Gasteiger partial charge is 0.473 e. The number of aromatic nitrogens is 2. The summed E-state index contributed by atoms with van der Waals surface area (Å²) in [4.78, 5) is 17.7. The summed E-state index contributed by atoms with van der Waals surface area (Å²) in [5.74, 6) is 0.571. The highest BCUT2D eigenvalue weighted by Crippen LogP contribution is 2.21. The molecular weight excluding hydrogens is 275 g/mol. The van der Waals surface area contributed by atoms with Crippen LogP contribution in [0.25, 0.3) is 0 Å². The second kappa shape index (κ2) is 5.08. The summed E-state index contributed by atoms with van der Waals surface area (Å²) in [5, 5.41) is 0. The third-order valence-corrected chi connectivity index (χ3v) is 3.38. The summed E-state index contributed by atoms with van der Waals surface area (Å²) >= 11 is 0.